The molecule has 0 atom stereocenters. The summed E-state index contributed by atoms with van der Waals surface area (Å²) in [6, 6.07) is 5.16. The van der Waals surface area contributed by atoms with Crippen LogP contribution in [-0.2, 0) is 29.1 Å². The van der Waals surface area contributed by atoms with Crippen LogP contribution in [0.1, 0.15) is 55.3 Å². The summed E-state index contributed by atoms with van der Waals surface area (Å²) in [6.45, 7) is 0.786. The van der Waals surface area contributed by atoms with E-state index in [-0.39, 0.29) is 23.4 Å². The van der Waals surface area contributed by atoms with Crippen LogP contribution in [0.15, 0.2) is 30.5 Å². The summed E-state index contributed by atoms with van der Waals surface area (Å²) in [5.41, 5.74) is 1.51. The van der Waals surface area contributed by atoms with Crippen molar-refractivity contribution in [2.24, 2.45) is 10.8 Å². The number of aliphatic carboxylic acids is 1. The van der Waals surface area contributed by atoms with Gasteiger partial charge in [0.25, 0.3) is 0 Å². The molecule has 3 aliphatic rings. The summed E-state index contributed by atoms with van der Waals surface area (Å²) in [5, 5.41) is 10.6. The maximum atomic E-state index is 14.5. The molecule has 2 aromatic heterocycles. The molecule has 2 bridgehead atoms. The van der Waals surface area contributed by atoms with Crippen LogP contribution in [0, 0.1) is 28.3 Å². The highest BCUT2D eigenvalue weighted by atomic mass is 19.2. The van der Waals surface area contributed by atoms with Crippen molar-refractivity contribution < 1.29 is 27.9 Å². The van der Waals surface area contributed by atoms with Gasteiger partial charge in [-0.15, -0.1) is 0 Å². The molecule has 1 aromatic carbocycles. The van der Waals surface area contributed by atoms with Crippen molar-refractivity contribution in [1.82, 2.24) is 14.5 Å². The molecule has 2 saturated carbocycles. The van der Waals surface area contributed by atoms with E-state index in [9.17, 15) is 27.9 Å². The Kier molecular flexibility index (Phi) is 5.18. The van der Waals surface area contributed by atoms with Crippen LogP contribution in [0.3, 0.4) is 0 Å². The number of benzene rings is 1. The number of rotatable bonds is 5. The lowest BCUT2D eigenvalue weighted by Crippen LogP contribution is -2.39. The minimum absolute atomic E-state index is 0.00325. The van der Waals surface area contributed by atoms with E-state index in [1.165, 1.54) is 0 Å². The second kappa shape index (κ2) is 8.08. The van der Waals surface area contributed by atoms with Gasteiger partial charge >= 0.3 is 5.97 Å². The molecule has 2 fully saturated rings. The average molecular weight is 498 g/mol. The number of amides is 1. The van der Waals surface area contributed by atoms with Crippen molar-refractivity contribution in [3.8, 4) is 0 Å². The van der Waals surface area contributed by atoms with Gasteiger partial charge in [0.2, 0.25) is 5.91 Å². The lowest BCUT2D eigenvalue weighted by atomic mass is 9.80. The summed E-state index contributed by atoms with van der Waals surface area (Å²) in [5.74, 6) is -3.96. The summed E-state index contributed by atoms with van der Waals surface area (Å²) < 4.78 is 43.7. The number of halogens is 3. The third-order valence-corrected chi connectivity index (χ3v) is 8.75. The second-order valence-electron chi connectivity index (χ2n) is 10.7. The van der Waals surface area contributed by atoms with Crippen LogP contribution >= 0.6 is 0 Å². The van der Waals surface area contributed by atoms with E-state index in [1.807, 2.05) is 12.1 Å². The Hall–Kier alpha value is -3.36. The van der Waals surface area contributed by atoms with E-state index in [0.29, 0.717) is 56.9 Å². The highest BCUT2D eigenvalue weighted by Gasteiger charge is 2.58. The van der Waals surface area contributed by atoms with Crippen molar-refractivity contribution in [3.63, 3.8) is 0 Å². The Morgan fingerprint density at radius 3 is 2.53 bits per heavy atom. The first-order valence-corrected chi connectivity index (χ1v) is 12.3. The van der Waals surface area contributed by atoms with E-state index < -0.39 is 28.8 Å². The van der Waals surface area contributed by atoms with Gasteiger partial charge in [-0.25, -0.2) is 18.2 Å². The van der Waals surface area contributed by atoms with E-state index >= 15 is 0 Å². The number of pyridine rings is 1. The third kappa shape index (κ3) is 3.50. The highest BCUT2D eigenvalue weighted by Crippen LogP contribution is 2.63. The molecule has 1 N–H and O–H groups in total. The number of carboxylic acids is 1. The number of fused-ring (bicyclic) bond motifs is 5. The quantitative estimate of drug-likeness (QED) is 0.514. The minimum atomic E-state index is -1.24. The number of carbonyl (C=O) groups excluding carboxylic acids is 1. The third-order valence-electron chi connectivity index (χ3n) is 8.75. The van der Waals surface area contributed by atoms with Crippen molar-refractivity contribution in [3.05, 3.63) is 64.7 Å². The Balaban J connectivity index is 1.30. The lowest BCUT2D eigenvalue weighted by Gasteiger charge is -2.33. The number of hydrogen-bond donors (Lipinski definition) is 1. The van der Waals surface area contributed by atoms with E-state index in [1.54, 1.807) is 15.7 Å². The number of hydrogen-bond acceptors (Lipinski definition) is 3. The van der Waals surface area contributed by atoms with Crippen LogP contribution in [0.4, 0.5) is 13.2 Å². The maximum Gasteiger partial charge on any atom is 0.309 e. The minimum Gasteiger partial charge on any atom is -0.481 e. The smallest absolute Gasteiger partial charge is 0.309 e. The molecule has 3 heterocycles. The summed E-state index contributed by atoms with van der Waals surface area (Å²) >= 11 is 0. The van der Waals surface area contributed by atoms with Crippen LogP contribution in [-0.4, -0.2) is 38.0 Å². The fourth-order valence-electron chi connectivity index (χ4n) is 6.79. The molecule has 6 rings (SSSR count). The van der Waals surface area contributed by atoms with Gasteiger partial charge in [0.15, 0.2) is 11.6 Å². The molecule has 1 aliphatic heterocycles. The summed E-state index contributed by atoms with van der Waals surface area (Å²) in [6.07, 6.45) is 5.87. The molecule has 36 heavy (non-hydrogen) atoms. The number of carboxylic acid groups (broad SMARTS) is 1. The van der Waals surface area contributed by atoms with Crippen LogP contribution in [0.25, 0.3) is 11.0 Å². The first-order valence-electron chi connectivity index (χ1n) is 12.3. The van der Waals surface area contributed by atoms with Gasteiger partial charge in [0.1, 0.15) is 11.5 Å². The normalized spacial score (nSPS) is 24.9. The molecule has 0 saturated heterocycles. The maximum absolute atomic E-state index is 14.5. The summed E-state index contributed by atoms with van der Waals surface area (Å²) in [7, 11) is 0. The number of nitrogens with zero attached hydrogens (tertiary/aromatic N) is 3. The Morgan fingerprint density at radius 2 is 1.81 bits per heavy atom. The van der Waals surface area contributed by atoms with Crippen molar-refractivity contribution in [2.45, 2.75) is 58.0 Å². The number of carbonyl (C=O) groups is 2. The van der Waals surface area contributed by atoms with Crippen molar-refractivity contribution >= 4 is 22.9 Å². The molecule has 0 unspecified atom stereocenters. The molecule has 1 amide bonds. The molecule has 0 radical (unpaired) electrons. The monoisotopic (exact) mass is 497 g/mol. The molecule has 9 heteroatoms. The Bertz CT molecular complexity index is 1410. The van der Waals surface area contributed by atoms with Gasteiger partial charge in [0, 0.05) is 41.9 Å². The zero-order valence-electron chi connectivity index (χ0n) is 19.7. The number of aromatic nitrogens is 2. The fraction of sp³-hybridized carbons (Fsp3) is 0.444. The van der Waals surface area contributed by atoms with E-state index in [0.717, 1.165) is 35.6 Å². The van der Waals surface area contributed by atoms with Gasteiger partial charge in [-0.1, -0.05) is 0 Å². The van der Waals surface area contributed by atoms with Gasteiger partial charge < -0.3 is 14.6 Å². The summed E-state index contributed by atoms with van der Waals surface area (Å²) in [4.78, 5) is 31.5. The molecule has 188 valence electrons. The predicted molar refractivity (Wildman–Crippen MR) is 124 cm³/mol. The highest BCUT2D eigenvalue weighted by molar-refractivity contribution is 5.84. The van der Waals surface area contributed by atoms with E-state index in [4.69, 9.17) is 0 Å². The van der Waals surface area contributed by atoms with Crippen LogP contribution < -0.4 is 0 Å². The Morgan fingerprint density at radius 1 is 1.06 bits per heavy atom. The second-order valence-corrected chi connectivity index (χ2v) is 10.7. The van der Waals surface area contributed by atoms with Crippen molar-refractivity contribution in [1.29, 1.82) is 0 Å². The first kappa shape index (κ1) is 23.1. The predicted octanol–water partition coefficient (Wildman–Crippen LogP) is 4.81. The molecule has 3 aromatic rings. The zero-order chi connectivity index (χ0) is 25.2. The van der Waals surface area contributed by atoms with Gasteiger partial charge in [-0.05, 0) is 67.7 Å². The first-order chi connectivity index (χ1) is 17.2. The van der Waals surface area contributed by atoms with Crippen LogP contribution in [0.5, 0.6) is 0 Å². The molecular formula is C27H26F3N3O3. The standard InChI is InChI=1S/C27H26F3N3O3/c28-19-11-21(30)20(29)10-16(19)13-33-22-14-32(9-3-17(22)18-2-1-8-31-24(18)33)23(34)12-26-4-6-27(15-26,7-5-26)25(35)36/h1-2,8,10-11H,3-7,9,12-15H2,(H,35,36). The van der Waals surface area contributed by atoms with Gasteiger partial charge in [-0.2, -0.15) is 0 Å². The molecular weight excluding hydrogens is 471 g/mol. The topological polar surface area (TPSA) is 75.4 Å². The molecule has 0 spiro atoms. The average Bonchev–Trinajstić information content (AvgIpc) is 3.52. The van der Waals surface area contributed by atoms with Crippen LogP contribution in [0.2, 0.25) is 0 Å². The molecule has 6 nitrogen and oxygen atoms in total. The molecule has 2 aliphatic carbocycles. The van der Waals surface area contributed by atoms with Gasteiger partial charge in [-0.3, -0.25) is 9.59 Å². The fourth-order valence-corrected chi connectivity index (χ4v) is 6.79. The van der Waals surface area contributed by atoms with Gasteiger partial charge in [0.05, 0.1) is 18.5 Å². The van der Waals surface area contributed by atoms with E-state index in [2.05, 4.69) is 4.98 Å². The van der Waals surface area contributed by atoms with Crippen molar-refractivity contribution in [2.75, 3.05) is 6.54 Å². The Labute approximate surface area is 205 Å². The zero-order valence-corrected chi connectivity index (χ0v) is 19.7. The largest absolute Gasteiger partial charge is 0.481 e. The lowest BCUT2D eigenvalue weighted by molar-refractivity contribution is -0.148. The SMILES string of the molecule is O=C(CC12CCC(C(=O)O)(CC1)C2)N1CCc2c(n(Cc3cc(F)c(F)cc3F)c3ncccc23)C1.